The van der Waals surface area contributed by atoms with Crippen molar-refractivity contribution in [1.29, 1.82) is 0 Å². The van der Waals surface area contributed by atoms with E-state index in [2.05, 4.69) is 56.5 Å². The quantitative estimate of drug-likeness (QED) is 0.881. The summed E-state index contributed by atoms with van der Waals surface area (Å²) in [6, 6.07) is 9.38. The molecule has 0 aliphatic heterocycles. The number of fused-ring (bicyclic) bond motifs is 1. The number of thioether (sulfide) groups is 1. The third-order valence-corrected chi connectivity index (χ3v) is 4.43. The van der Waals surface area contributed by atoms with Gasteiger partial charge in [-0.05, 0) is 42.9 Å². The van der Waals surface area contributed by atoms with Crippen molar-refractivity contribution in [2.24, 2.45) is 5.73 Å². The number of nitrogens with two attached hydrogens (primary N) is 1. The second-order valence-corrected chi connectivity index (χ2v) is 7.12. The fourth-order valence-corrected chi connectivity index (χ4v) is 3.17. The van der Waals surface area contributed by atoms with E-state index in [9.17, 15) is 0 Å². The van der Waals surface area contributed by atoms with E-state index in [1.165, 1.54) is 22.2 Å². The number of aromatic nitrogens is 1. The van der Waals surface area contributed by atoms with E-state index >= 15 is 0 Å². The van der Waals surface area contributed by atoms with E-state index in [1.54, 1.807) is 0 Å². The van der Waals surface area contributed by atoms with Crippen molar-refractivity contribution in [3.8, 4) is 0 Å². The first-order chi connectivity index (χ1) is 9.02. The molecule has 2 nitrogen and oxygen atoms in total. The molecule has 0 unspecified atom stereocenters. The molecule has 19 heavy (non-hydrogen) atoms. The Morgan fingerprint density at radius 1 is 1.16 bits per heavy atom. The van der Waals surface area contributed by atoms with Gasteiger partial charge in [0.15, 0.2) is 0 Å². The van der Waals surface area contributed by atoms with Gasteiger partial charge in [-0.25, -0.2) is 0 Å². The normalized spacial score (nSPS) is 11.9. The molecular weight excluding hydrogens is 252 g/mol. The van der Waals surface area contributed by atoms with Gasteiger partial charge in [0.05, 0.1) is 0 Å². The van der Waals surface area contributed by atoms with Crippen molar-refractivity contribution in [3.05, 3.63) is 35.5 Å². The van der Waals surface area contributed by atoms with Gasteiger partial charge in [-0.1, -0.05) is 19.9 Å². The minimum atomic E-state index is 0.490. The number of hydrogen-bond acceptors (Lipinski definition) is 2. The van der Waals surface area contributed by atoms with Crippen LogP contribution in [0.1, 0.15) is 45.0 Å². The fourth-order valence-electron chi connectivity index (χ4n) is 2.44. The lowest BCUT2D eigenvalue weighted by atomic mass is 10.1. The van der Waals surface area contributed by atoms with Crippen molar-refractivity contribution in [2.75, 3.05) is 0 Å². The van der Waals surface area contributed by atoms with Gasteiger partial charge in [-0.2, -0.15) is 11.8 Å². The molecule has 1 aromatic carbocycles. The summed E-state index contributed by atoms with van der Waals surface area (Å²) in [5.41, 5.74) is 9.68. The molecule has 2 rings (SSSR count). The lowest BCUT2D eigenvalue weighted by Gasteiger charge is -2.15. The molecule has 1 aromatic heterocycles. The molecule has 0 saturated carbocycles. The van der Waals surface area contributed by atoms with E-state index in [4.69, 9.17) is 5.73 Å². The van der Waals surface area contributed by atoms with Crippen molar-refractivity contribution in [3.63, 3.8) is 0 Å². The average molecular weight is 276 g/mol. The summed E-state index contributed by atoms with van der Waals surface area (Å²) in [6.45, 7) is 9.61. The molecule has 0 aliphatic carbocycles. The Hall–Kier alpha value is -0.930. The molecule has 0 saturated heterocycles. The Balaban J connectivity index is 2.46. The third-order valence-electron chi connectivity index (χ3n) is 3.30. The molecule has 0 amide bonds. The number of nitrogens with zero attached hydrogens (tertiary/aromatic N) is 1. The smallest absolute Gasteiger partial charge is 0.0485 e. The standard InChI is InChI=1S/C16H24N2S/c1-11(2)18-15(10-19-12(3)4)8-14-7-13(9-17)5-6-16(14)18/h5-8,11-12H,9-10,17H2,1-4H3. The molecule has 2 N–H and O–H groups in total. The Morgan fingerprint density at radius 2 is 1.89 bits per heavy atom. The van der Waals surface area contributed by atoms with Crippen LogP contribution in [0.3, 0.4) is 0 Å². The average Bonchev–Trinajstić information content (AvgIpc) is 2.73. The number of benzene rings is 1. The first kappa shape index (κ1) is 14.5. The Kier molecular flexibility index (Phi) is 4.58. The zero-order valence-electron chi connectivity index (χ0n) is 12.3. The fraction of sp³-hybridized carbons (Fsp3) is 0.500. The van der Waals surface area contributed by atoms with Crippen LogP contribution < -0.4 is 5.73 Å². The predicted molar refractivity (Wildman–Crippen MR) is 86.6 cm³/mol. The van der Waals surface area contributed by atoms with Crippen LogP contribution >= 0.6 is 11.8 Å². The minimum Gasteiger partial charge on any atom is -0.341 e. The summed E-state index contributed by atoms with van der Waals surface area (Å²) in [6.07, 6.45) is 0. The van der Waals surface area contributed by atoms with Crippen LogP contribution in [0.15, 0.2) is 24.3 Å². The van der Waals surface area contributed by atoms with E-state index < -0.39 is 0 Å². The van der Waals surface area contributed by atoms with Crippen LogP contribution in [0.4, 0.5) is 0 Å². The minimum absolute atomic E-state index is 0.490. The van der Waals surface area contributed by atoms with Gasteiger partial charge in [0, 0.05) is 34.9 Å². The molecule has 3 heteroatoms. The second-order valence-electron chi connectivity index (χ2n) is 5.56. The maximum Gasteiger partial charge on any atom is 0.0485 e. The van der Waals surface area contributed by atoms with Crippen LogP contribution in [0.25, 0.3) is 10.9 Å². The molecule has 0 fully saturated rings. The highest BCUT2D eigenvalue weighted by Crippen LogP contribution is 2.28. The summed E-state index contributed by atoms with van der Waals surface area (Å²) in [7, 11) is 0. The Bertz CT molecular complexity index is 555. The molecule has 104 valence electrons. The first-order valence-corrected chi connectivity index (χ1v) is 8.02. The van der Waals surface area contributed by atoms with Gasteiger partial charge in [0.25, 0.3) is 0 Å². The molecule has 0 spiro atoms. The van der Waals surface area contributed by atoms with E-state index in [1.807, 2.05) is 11.8 Å². The van der Waals surface area contributed by atoms with E-state index in [0.29, 0.717) is 17.8 Å². The van der Waals surface area contributed by atoms with E-state index in [-0.39, 0.29) is 0 Å². The van der Waals surface area contributed by atoms with Crippen molar-refractivity contribution in [1.82, 2.24) is 4.57 Å². The van der Waals surface area contributed by atoms with Gasteiger partial charge in [-0.3, -0.25) is 0 Å². The van der Waals surface area contributed by atoms with Crippen molar-refractivity contribution in [2.45, 2.75) is 51.3 Å². The highest BCUT2D eigenvalue weighted by Gasteiger charge is 2.12. The van der Waals surface area contributed by atoms with Crippen molar-refractivity contribution >= 4 is 22.7 Å². The van der Waals surface area contributed by atoms with Gasteiger partial charge in [0.2, 0.25) is 0 Å². The molecular formula is C16H24N2S. The van der Waals surface area contributed by atoms with Crippen LogP contribution in [0.5, 0.6) is 0 Å². The van der Waals surface area contributed by atoms with Gasteiger partial charge < -0.3 is 10.3 Å². The van der Waals surface area contributed by atoms with Crippen LogP contribution in [-0.4, -0.2) is 9.82 Å². The molecule has 1 heterocycles. The van der Waals surface area contributed by atoms with Crippen LogP contribution in [0.2, 0.25) is 0 Å². The molecule has 2 aromatic rings. The monoisotopic (exact) mass is 276 g/mol. The zero-order valence-corrected chi connectivity index (χ0v) is 13.1. The molecule has 0 radical (unpaired) electrons. The van der Waals surface area contributed by atoms with Gasteiger partial charge in [-0.15, -0.1) is 0 Å². The SMILES string of the molecule is CC(C)SCc1cc2cc(CN)ccc2n1C(C)C. The summed E-state index contributed by atoms with van der Waals surface area (Å²) < 4.78 is 2.45. The summed E-state index contributed by atoms with van der Waals surface area (Å²) >= 11 is 2.00. The highest BCUT2D eigenvalue weighted by molar-refractivity contribution is 7.99. The summed E-state index contributed by atoms with van der Waals surface area (Å²) in [4.78, 5) is 0. The van der Waals surface area contributed by atoms with E-state index in [0.717, 1.165) is 5.75 Å². The maximum absolute atomic E-state index is 5.73. The summed E-state index contributed by atoms with van der Waals surface area (Å²) in [5, 5.41) is 1.98. The Labute approximate surface area is 120 Å². The first-order valence-electron chi connectivity index (χ1n) is 6.97. The number of rotatable bonds is 5. The number of hydrogen-bond donors (Lipinski definition) is 1. The molecule has 0 atom stereocenters. The Morgan fingerprint density at radius 3 is 2.47 bits per heavy atom. The second kappa shape index (κ2) is 6.02. The predicted octanol–water partition coefficient (Wildman–Crippen LogP) is 4.32. The van der Waals surface area contributed by atoms with Crippen LogP contribution in [-0.2, 0) is 12.3 Å². The van der Waals surface area contributed by atoms with Crippen LogP contribution in [0, 0.1) is 0 Å². The lowest BCUT2D eigenvalue weighted by molar-refractivity contribution is 0.606. The topological polar surface area (TPSA) is 30.9 Å². The molecule has 0 aliphatic rings. The highest BCUT2D eigenvalue weighted by atomic mass is 32.2. The lowest BCUT2D eigenvalue weighted by Crippen LogP contribution is -2.05. The van der Waals surface area contributed by atoms with Gasteiger partial charge >= 0.3 is 0 Å². The summed E-state index contributed by atoms with van der Waals surface area (Å²) in [5.74, 6) is 1.07. The van der Waals surface area contributed by atoms with Crippen molar-refractivity contribution < 1.29 is 0 Å². The third kappa shape index (κ3) is 3.15. The zero-order chi connectivity index (χ0) is 14.0. The molecule has 0 bridgehead atoms. The maximum atomic E-state index is 5.73. The largest absolute Gasteiger partial charge is 0.341 e. The van der Waals surface area contributed by atoms with Gasteiger partial charge in [0.1, 0.15) is 0 Å².